The lowest BCUT2D eigenvalue weighted by molar-refractivity contribution is 0.105. The monoisotopic (exact) mass is 178 g/mol. The zero-order chi connectivity index (χ0) is 9.68. The smallest absolute Gasteiger partial charge is 0.210 e. The molecule has 0 saturated heterocycles. The summed E-state index contributed by atoms with van der Waals surface area (Å²) in [7, 11) is 0. The molecule has 0 aliphatic heterocycles. The van der Waals surface area contributed by atoms with Crippen LogP contribution in [-0.4, -0.2) is 21.7 Å². The van der Waals surface area contributed by atoms with Gasteiger partial charge in [0, 0.05) is 18.0 Å². The molecule has 0 aliphatic rings. The first kappa shape index (κ1) is 9.38. The molecule has 1 N–H and O–H groups in total. The fourth-order valence-electron chi connectivity index (χ4n) is 0.947. The quantitative estimate of drug-likeness (QED) is 0.330. The summed E-state index contributed by atoms with van der Waals surface area (Å²) < 4.78 is 0. The molecule has 0 amide bonds. The molecule has 0 fully saturated rings. The third-order valence-corrected chi connectivity index (χ3v) is 1.66. The van der Waals surface area contributed by atoms with E-state index in [1.807, 2.05) is 0 Å². The van der Waals surface area contributed by atoms with Gasteiger partial charge in [-0.3, -0.25) is 9.78 Å². The molecule has 1 rings (SSSR count). The van der Waals surface area contributed by atoms with Crippen molar-refractivity contribution in [2.75, 3.05) is 0 Å². The summed E-state index contributed by atoms with van der Waals surface area (Å²) in [5.74, 6) is -0.257. The van der Waals surface area contributed by atoms with Gasteiger partial charge in [0.05, 0.1) is 0 Å². The van der Waals surface area contributed by atoms with Crippen LogP contribution in [0.2, 0.25) is 0 Å². The largest absolute Gasteiger partial charge is 0.411 e. The van der Waals surface area contributed by atoms with Gasteiger partial charge < -0.3 is 5.21 Å². The average molecular weight is 178 g/mol. The first-order chi connectivity index (χ1) is 6.29. The number of oxime groups is 1. The highest BCUT2D eigenvalue weighted by molar-refractivity contribution is 6.45. The Hall–Kier alpha value is -1.71. The SMILES string of the molecule is CC/C(=N/O)C(=O)c1ccncc1. The number of aromatic nitrogens is 1. The van der Waals surface area contributed by atoms with Gasteiger partial charge in [-0.05, 0) is 18.6 Å². The lowest BCUT2D eigenvalue weighted by atomic mass is 10.1. The van der Waals surface area contributed by atoms with Gasteiger partial charge in [-0.25, -0.2) is 0 Å². The second kappa shape index (κ2) is 4.35. The first-order valence-corrected chi connectivity index (χ1v) is 3.95. The van der Waals surface area contributed by atoms with Crippen LogP contribution < -0.4 is 0 Å². The molecular formula is C9H10N2O2. The second-order valence-corrected chi connectivity index (χ2v) is 2.47. The topological polar surface area (TPSA) is 62.6 Å². The van der Waals surface area contributed by atoms with Crippen LogP contribution in [0.15, 0.2) is 29.7 Å². The summed E-state index contributed by atoms with van der Waals surface area (Å²) in [6.45, 7) is 1.76. The van der Waals surface area contributed by atoms with Gasteiger partial charge in [0.1, 0.15) is 5.71 Å². The van der Waals surface area contributed by atoms with Crippen molar-refractivity contribution in [1.82, 2.24) is 4.98 Å². The summed E-state index contributed by atoms with van der Waals surface area (Å²) in [6, 6.07) is 3.17. The van der Waals surface area contributed by atoms with Crippen LogP contribution in [0.25, 0.3) is 0 Å². The van der Waals surface area contributed by atoms with Gasteiger partial charge in [-0.2, -0.15) is 0 Å². The molecule has 0 atom stereocenters. The van der Waals surface area contributed by atoms with Crippen molar-refractivity contribution < 1.29 is 10.0 Å². The number of carbonyl (C=O) groups is 1. The molecule has 1 heterocycles. The molecule has 13 heavy (non-hydrogen) atoms. The molecule has 0 spiro atoms. The molecule has 0 aromatic carbocycles. The van der Waals surface area contributed by atoms with Crippen molar-refractivity contribution in [3.8, 4) is 0 Å². The van der Waals surface area contributed by atoms with Crippen LogP contribution in [0, 0.1) is 0 Å². The van der Waals surface area contributed by atoms with Gasteiger partial charge in [0.25, 0.3) is 0 Å². The molecular weight excluding hydrogens is 168 g/mol. The van der Waals surface area contributed by atoms with E-state index in [2.05, 4.69) is 10.1 Å². The van der Waals surface area contributed by atoms with Crippen molar-refractivity contribution in [3.63, 3.8) is 0 Å². The Kier molecular flexibility index (Phi) is 3.14. The molecule has 0 saturated carbocycles. The van der Waals surface area contributed by atoms with Crippen molar-refractivity contribution in [1.29, 1.82) is 0 Å². The minimum Gasteiger partial charge on any atom is -0.411 e. The fraction of sp³-hybridized carbons (Fsp3) is 0.222. The van der Waals surface area contributed by atoms with Crippen LogP contribution in [0.5, 0.6) is 0 Å². The summed E-state index contributed by atoms with van der Waals surface area (Å²) in [5.41, 5.74) is 0.649. The van der Waals surface area contributed by atoms with E-state index in [1.54, 1.807) is 19.1 Å². The highest BCUT2D eigenvalue weighted by Gasteiger charge is 2.11. The third-order valence-electron chi connectivity index (χ3n) is 1.66. The predicted octanol–water partition coefficient (Wildman–Crippen LogP) is 1.50. The van der Waals surface area contributed by atoms with Crippen molar-refractivity contribution in [2.45, 2.75) is 13.3 Å². The molecule has 1 aromatic heterocycles. The van der Waals surface area contributed by atoms with Crippen LogP contribution in [-0.2, 0) is 0 Å². The number of hydrogen-bond donors (Lipinski definition) is 1. The van der Waals surface area contributed by atoms with Crippen molar-refractivity contribution in [3.05, 3.63) is 30.1 Å². The van der Waals surface area contributed by atoms with Gasteiger partial charge in [-0.1, -0.05) is 12.1 Å². The van der Waals surface area contributed by atoms with Gasteiger partial charge in [-0.15, -0.1) is 0 Å². The average Bonchev–Trinajstić information content (AvgIpc) is 2.21. The number of Topliss-reactive ketones (excluding diaryl/α,β-unsaturated/α-hetero) is 1. The summed E-state index contributed by atoms with van der Waals surface area (Å²) in [4.78, 5) is 15.3. The fourth-order valence-corrected chi connectivity index (χ4v) is 0.947. The Bertz CT molecular complexity index is 320. The highest BCUT2D eigenvalue weighted by atomic mass is 16.4. The van der Waals surface area contributed by atoms with Crippen molar-refractivity contribution in [2.24, 2.45) is 5.16 Å². The van der Waals surface area contributed by atoms with E-state index < -0.39 is 0 Å². The number of carbonyl (C=O) groups excluding carboxylic acids is 1. The van der Waals surface area contributed by atoms with E-state index in [9.17, 15) is 4.79 Å². The molecule has 0 aliphatic carbocycles. The summed E-state index contributed by atoms with van der Waals surface area (Å²) >= 11 is 0. The van der Waals surface area contributed by atoms with Crippen molar-refractivity contribution >= 4 is 11.5 Å². The van der Waals surface area contributed by atoms with Gasteiger partial charge in [0.15, 0.2) is 0 Å². The second-order valence-electron chi connectivity index (χ2n) is 2.47. The maximum absolute atomic E-state index is 11.5. The Labute approximate surface area is 75.9 Å². The van der Waals surface area contributed by atoms with E-state index in [0.717, 1.165) is 0 Å². The highest BCUT2D eigenvalue weighted by Crippen LogP contribution is 2.01. The van der Waals surface area contributed by atoms with Gasteiger partial charge >= 0.3 is 0 Å². The zero-order valence-electron chi connectivity index (χ0n) is 7.27. The molecule has 0 radical (unpaired) electrons. The Balaban J connectivity index is 2.92. The number of hydrogen-bond acceptors (Lipinski definition) is 4. The molecule has 0 unspecified atom stereocenters. The third kappa shape index (κ3) is 2.11. The van der Waals surface area contributed by atoms with E-state index in [-0.39, 0.29) is 11.5 Å². The lowest BCUT2D eigenvalue weighted by Crippen LogP contribution is -2.13. The van der Waals surface area contributed by atoms with Crippen LogP contribution in [0.4, 0.5) is 0 Å². The lowest BCUT2D eigenvalue weighted by Gasteiger charge is -1.98. The van der Waals surface area contributed by atoms with E-state index in [4.69, 9.17) is 5.21 Å². The van der Waals surface area contributed by atoms with E-state index in [0.29, 0.717) is 12.0 Å². The number of nitrogens with zero attached hydrogens (tertiary/aromatic N) is 2. The Morgan fingerprint density at radius 3 is 2.62 bits per heavy atom. The minimum atomic E-state index is -0.257. The standard InChI is InChI=1S/C9H10N2O2/c1-2-8(11-13)9(12)7-3-5-10-6-4-7/h3-6,13H,2H2,1H3/b11-8-. The molecule has 68 valence electrons. The molecule has 4 heteroatoms. The Morgan fingerprint density at radius 1 is 1.54 bits per heavy atom. The molecule has 1 aromatic rings. The summed E-state index contributed by atoms with van der Waals surface area (Å²) in [5, 5.41) is 11.4. The predicted molar refractivity (Wildman–Crippen MR) is 48.1 cm³/mol. The Morgan fingerprint density at radius 2 is 2.15 bits per heavy atom. The molecule has 4 nitrogen and oxygen atoms in total. The van der Waals surface area contributed by atoms with Crippen LogP contribution >= 0.6 is 0 Å². The normalized spacial score (nSPS) is 11.3. The maximum atomic E-state index is 11.5. The maximum Gasteiger partial charge on any atom is 0.210 e. The minimum absolute atomic E-state index is 0.159. The van der Waals surface area contributed by atoms with E-state index in [1.165, 1.54) is 12.4 Å². The first-order valence-electron chi connectivity index (χ1n) is 3.95. The number of ketones is 1. The van der Waals surface area contributed by atoms with Crippen LogP contribution in [0.1, 0.15) is 23.7 Å². The summed E-state index contributed by atoms with van der Waals surface area (Å²) in [6.07, 6.45) is 3.47. The van der Waals surface area contributed by atoms with E-state index >= 15 is 0 Å². The van der Waals surface area contributed by atoms with Crippen LogP contribution in [0.3, 0.4) is 0 Å². The molecule has 0 bridgehead atoms. The van der Waals surface area contributed by atoms with Gasteiger partial charge in [0.2, 0.25) is 5.78 Å². The number of rotatable bonds is 3. The number of pyridine rings is 1. The zero-order valence-corrected chi connectivity index (χ0v) is 7.27.